The number of methoxy groups -OCH3 is 1. The molecule has 0 unspecified atom stereocenters. The zero-order chi connectivity index (χ0) is 13.8. The third-order valence-corrected chi connectivity index (χ3v) is 3.41. The lowest BCUT2D eigenvalue weighted by molar-refractivity contribution is 0.146. The van der Waals surface area contributed by atoms with Gasteiger partial charge in [0.15, 0.2) is 5.69 Å². The van der Waals surface area contributed by atoms with Gasteiger partial charge in [0.25, 0.3) is 0 Å². The molecule has 0 saturated heterocycles. The molecule has 1 heterocycles. The summed E-state index contributed by atoms with van der Waals surface area (Å²) in [7, 11) is 1.60. The number of benzene rings is 1. The molecule has 2 aromatic rings. The minimum Gasteiger partial charge on any atom is -0.490 e. The second-order valence-electron chi connectivity index (χ2n) is 3.62. The molecular formula is C12H9BrClN3O2. The largest absolute Gasteiger partial charge is 0.490 e. The molecule has 0 fully saturated rings. The fourth-order valence-corrected chi connectivity index (χ4v) is 2.18. The van der Waals surface area contributed by atoms with Crippen LogP contribution in [0.15, 0.2) is 16.6 Å². The molecule has 0 radical (unpaired) electrons. The maximum Gasteiger partial charge on any atom is 0.182 e. The lowest BCUT2D eigenvalue weighted by Gasteiger charge is -2.09. The molecule has 0 amide bonds. The van der Waals surface area contributed by atoms with E-state index < -0.39 is 0 Å². The number of halogens is 2. The fourth-order valence-electron chi connectivity index (χ4n) is 1.49. The van der Waals surface area contributed by atoms with E-state index in [2.05, 4.69) is 26.1 Å². The Morgan fingerprint density at radius 2 is 2.16 bits per heavy atom. The molecule has 1 aromatic carbocycles. The molecule has 0 aliphatic carbocycles. The highest BCUT2D eigenvalue weighted by Gasteiger charge is 2.12. The highest BCUT2D eigenvalue weighted by atomic mass is 79.9. The van der Waals surface area contributed by atoms with Crippen molar-refractivity contribution in [2.45, 2.75) is 0 Å². The maximum atomic E-state index is 8.86. The van der Waals surface area contributed by atoms with Gasteiger partial charge in [0.05, 0.1) is 21.6 Å². The molecule has 1 aromatic heterocycles. The van der Waals surface area contributed by atoms with Gasteiger partial charge in [0, 0.05) is 18.6 Å². The van der Waals surface area contributed by atoms with Crippen molar-refractivity contribution in [3.8, 4) is 11.8 Å². The monoisotopic (exact) mass is 341 g/mol. The van der Waals surface area contributed by atoms with E-state index in [1.165, 1.54) is 0 Å². The Labute approximate surface area is 123 Å². The molecule has 0 aliphatic heterocycles. The van der Waals surface area contributed by atoms with Crippen LogP contribution in [0.25, 0.3) is 10.9 Å². The van der Waals surface area contributed by atoms with Crippen LogP contribution < -0.4 is 4.74 Å². The van der Waals surface area contributed by atoms with Crippen LogP contribution in [0.1, 0.15) is 5.69 Å². The van der Waals surface area contributed by atoms with Gasteiger partial charge in [-0.3, -0.25) is 0 Å². The third kappa shape index (κ3) is 2.95. The number of ether oxygens (including phenoxy) is 2. The Bertz CT molecular complexity index is 657. The number of hydrogen-bond acceptors (Lipinski definition) is 5. The van der Waals surface area contributed by atoms with Crippen molar-refractivity contribution in [2.75, 3.05) is 20.3 Å². The summed E-state index contributed by atoms with van der Waals surface area (Å²) >= 11 is 9.48. The minimum absolute atomic E-state index is 0.106. The average Bonchev–Trinajstić information content (AvgIpc) is 2.41. The van der Waals surface area contributed by atoms with Gasteiger partial charge in [0.2, 0.25) is 0 Å². The number of nitrogens with zero attached hydrogens (tertiary/aromatic N) is 3. The Kier molecular flexibility index (Phi) is 4.53. The molecule has 0 N–H and O–H groups in total. The van der Waals surface area contributed by atoms with Crippen LogP contribution >= 0.6 is 27.5 Å². The second-order valence-corrected chi connectivity index (χ2v) is 4.85. The Morgan fingerprint density at radius 3 is 2.84 bits per heavy atom. The van der Waals surface area contributed by atoms with Crippen LogP contribution in [0.5, 0.6) is 5.75 Å². The standard InChI is InChI=1S/C12H9BrClN3O2/c1-18-2-3-19-11-5-9-7(4-8(11)13)12(14)10(6-15)17-16-9/h4-5H,2-3H2,1H3. The van der Waals surface area contributed by atoms with Crippen LogP contribution in [0, 0.1) is 11.3 Å². The van der Waals surface area contributed by atoms with Crippen LogP contribution in [-0.2, 0) is 4.74 Å². The summed E-state index contributed by atoms with van der Waals surface area (Å²) in [5.41, 5.74) is 0.675. The van der Waals surface area contributed by atoms with Gasteiger partial charge >= 0.3 is 0 Å². The summed E-state index contributed by atoms with van der Waals surface area (Å²) < 4.78 is 11.2. The van der Waals surface area contributed by atoms with E-state index in [1.54, 1.807) is 19.2 Å². The first-order chi connectivity index (χ1) is 9.17. The van der Waals surface area contributed by atoms with Crippen molar-refractivity contribution in [3.05, 3.63) is 27.3 Å². The normalized spacial score (nSPS) is 10.4. The maximum absolute atomic E-state index is 8.86. The summed E-state index contributed by atoms with van der Waals surface area (Å²) in [4.78, 5) is 0. The first-order valence-corrected chi connectivity index (χ1v) is 6.51. The van der Waals surface area contributed by atoms with E-state index in [9.17, 15) is 0 Å². The molecule has 7 heteroatoms. The van der Waals surface area contributed by atoms with Gasteiger partial charge < -0.3 is 9.47 Å². The first kappa shape index (κ1) is 14.0. The quantitative estimate of drug-likeness (QED) is 0.799. The first-order valence-electron chi connectivity index (χ1n) is 5.34. The SMILES string of the molecule is COCCOc1cc2nnc(C#N)c(Cl)c2cc1Br. The summed E-state index contributed by atoms with van der Waals surface area (Å²) in [6.07, 6.45) is 0. The number of nitriles is 1. The van der Waals surface area contributed by atoms with E-state index in [4.69, 9.17) is 26.3 Å². The molecule has 0 bridgehead atoms. The van der Waals surface area contributed by atoms with Crippen LogP contribution in [0.4, 0.5) is 0 Å². The van der Waals surface area contributed by atoms with Crippen molar-refractivity contribution in [2.24, 2.45) is 0 Å². The highest BCUT2D eigenvalue weighted by molar-refractivity contribution is 9.10. The lowest BCUT2D eigenvalue weighted by Crippen LogP contribution is -2.05. The van der Waals surface area contributed by atoms with Crippen LogP contribution in [0.3, 0.4) is 0 Å². The minimum atomic E-state index is 0.106. The molecule has 0 aliphatic rings. The van der Waals surface area contributed by atoms with Gasteiger partial charge in [0.1, 0.15) is 18.4 Å². The Balaban J connectivity index is 2.44. The predicted octanol–water partition coefficient (Wildman–Crippen LogP) is 2.94. The number of rotatable bonds is 4. The Hall–Kier alpha value is -1.42. The van der Waals surface area contributed by atoms with Crippen LogP contribution in [-0.4, -0.2) is 30.5 Å². The molecule has 0 spiro atoms. The van der Waals surface area contributed by atoms with E-state index in [1.807, 2.05) is 6.07 Å². The average molecular weight is 343 g/mol. The topological polar surface area (TPSA) is 68.0 Å². The highest BCUT2D eigenvalue weighted by Crippen LogP contribution is 2.33. The fraction of sp³-hybridized carbons (Fsp3) is 0.250. The molecule has 19 heavy (non-hydrogen) atoms. The Morgan fingerprint density at radius 1 is 1.37 bits per heavy atom. The van der Waals surface area contributed by atoms with Gasteiger partial charge in [-0.25, -0.2) is 0 Å². The van der Waals surface area contributed by atoms with Crippen molar-refractivity contribution >= 4 is 38.4 Å². The summed E-state index contributed by atoms with van der Waals surface area (Å²) in [6, 6.07) is 5.37. The van der Waals surface area contributed by atoms with Crippen molar-refractivity contribution < 1.29 is 9.47 Å². The number of aromatic nitrogens is 2. The summed E-state index contributed by atoms with van der Waals surface area (Å²) in [5.74, 6) is 0.625. The number of fused-ring (bicyclic) bond motifs is 1. The van der Waals surface area contributed by atoms with Gasteiger partial charge in [-0.1, -0.05) is 11.6 Å². The van der Waals surface area contributed by atoms with E-state index in [0.717, 1.165) is 4.47 Å². The van der Waals surface area contributed by atoms with E-state index in [0.29, 0.717) is 29.9 Å². The van der Waals surface area contributed by atoms with Gasteiger partial charge in [-0.05, 0) is 22.0 Å². The molecule has 0 atom stereocenters. The molecule has 2 rings (SSSR count). The predicted molar refractivity (Wildman–Crippen MR) is 74.3 cm³/mol. The summed E-state index contributed by atoms with van der Waals surface area (Å²) in [6.45, 7) is 0.919. The van der Waals surface area contributed by atoms with E-state index in [-0.39, 0.29) is 10.7 Å². The second kappa shape index (κ2) is 6.15. The van der Waals surface area contributed by atoms with Crippen molar-refractivity contribution in [1.29, 1.82) is 5.26 Å². The van der Waals surface area contributed by atoms with Gasteiger partial charge in [-0.15, -0.1) is 10.2 Å². The molecular weight excluding hydrogens is 334 g/mol. The third-order valence-electron chi connectivity index (χ3n) is 2.40. The zero-order valence-corrected chi connectivity index (χ0v) is 12.3. The van der Waals surface area contributed by atoms with Crippen molar-refractivity contribution in [3.63, 3.8) is 0 Å². The van der Waals surface area contributed by atoms with Crippen LogP contribution in [0.2, 0.25) is 5.02 Å². The number of hydrogen-bond donors (Lipinski definition) is 0. The lowest BCUT2D eigenvalue weighted by atomic mass is 10.2. The van der Waals surface area contributed by atoms with E-state index >= 15 is 0 Å². The molecule has 98 valence electrons. The van der Waals surface area contributed by atoms with Gasteiger partial charge in [-0.2, -0.15) is 5.26 Å². The van der Waals surface area contributed by atoms with Crippen molar-refractivity contribution in [1.82, 2.24) is 10.2 Å². The zero-order valence-electron chi connectivity index (χ0n) is 9.98. The smallest absolute Gasteiger partial charge is 0.182 e. The molecule has 0 saturated carbocycles. The summed E-state index contributed by atoms with van der Waals surface area (Å²) in [5, 5.41) is 17.5. The molecule has 5 nitrogen and oxygen atoms in total.